The molecule has 1 heterocycles. The molecule has 1 amide bonds. The van der Waals surface area contributed by atoms with E-state index in [1.165, 1.54) is 16.1 Å². The van der Waals surface area contributed by atoms with Crippen molar-refractivity contribution in [2.75, 3.05) is 34.2 Å². The van der Waals surface area contributed by atoms with E-state index in [9.17, 15) is 13.2 Å². The van der Waals surface area contributed by atoms with Crippen molar-refractivity contribution in [2.24, 2.45) is 0 Å². The third-order valence-corrected chi connectivity index (χ3v) is 5.30. The van der Waals surface area contributed by atoms with Gasteiger partial charge in [-0.3, -0.25) is 4.79 Å². The molecule has 2 atom stereocenters. The second-order valence-corrected chi connectivity index (χ2v) is 6.81. The quantitative estimate of drug-likeness (QED) is 0.760. The Morgan fingerprint density at radius 1 is 1.44 bits per heavy atom. The van der Waals surface area contributed by atoms with Crippen LogP contribution < -0.4 is 5.32 Å². The lowest BCUT2D eigenvalue weighted by Gasteiger charge is -2.23. The first-order valence-electron chi connectivity index (χ1n) is 5.68. The van der Waals surface area contributed by atoms with Crippen molar-refractivity contribution in [1.82, 2.24) is 14.5 Å². The molecular weight excluding hydrogens is 278 g/mol. The number of carbonyl (C=O) groups is 1. The number of nitrogens with zero attached hydrogens (tertiary/aromatic N) is 2. The van der Waals surface area contributed by atoms with Crippen molar-refractivity contribution in [3.05, 3.63) is 0 Å². The largest absolute Gasteiger partial charge is 0.348 e. The van der Waals surface area contributed by atoms with Crippen LogP contribution in [0.4, 0.5) is 0 Å². The molecule has 0 radical (unpaired) electrons. The van der Waals surface area contributed by atoms with Gasteiger partial charge in [-0.25, -0.2) is 8.42 Å². The van der Waals surface area contributed by atoms with Crippen LogP contribution >= 0.6 is 12.4 Å². The topological polar surface area (TPSA) is 69.7 Å². The number of halogens is 1. The first-order valence-corrected chi connectivity index (χ1v) is 7.18. The van der Waals surface area contributed by atoms with E-state index in [0.717, 1.165) is 6.42 Å². The van der Waals surface area contributed by atoms with E-state index >= 15 is 0 Å². The number of sulfonamides is 1. The molecule has 1 N–H and O–H groups in total. The van der Waals surface area contributed by atoms with Crippen LogP contribution in [0.5, 0.6) is 0 Å². The Labute approximate surface area is 115 Å². The van der Waals surface area contributed by atoms with Gasteiger partial charge in [0.1, 0.15) is 0 Å². The van der Waals surface area contributed by atoms with Gasteiger partial charge in [-0.2, -0.15) is 4.31 Å². The van der Waals surface area contributed by atoms with Gasteiger partial charge in [0, 0.05) is 33.2 Å². The number of carbonyl (C=O) groups excluding carboxylic acids is 1. The molecule has 0 spiro atoms. The van der Waals surface area contributed by atoms with Crippen LogP contribution in [0.15, 0.2) is 0 Å². The van der Waals surface area contributed by atoms with Gasteiger partial charge in [-0.1, -0.05) is 0 Å². The molecule has 1 fully saturated rings. The monoisotopic (exact) mass is 299 g/mol. The predicted octanol–water partition coefficient (Wildman–Crippen LogP) is -0.492. The molecule has 18 heavy (non-hydrogen) atoms. The average molecular weight is 300 g/mol. The maximum atomic E-state index is 12.2. The zero-order chi connectivity index (χ0) is 13.2. The number of nitrogens with one attached hydrogen (secondary N) is 1. The normalized spacial score (nSPS) is 22.3. The van der Waals surface area contributed by atoms with Crippen LogP contribution in [0, 0.1) is 0 Å². The highest BCUT2D eigenvalue weighted by Gasteiger charge is 2.38. The Balaban J connectivity index is 0.00000289. The molecule has 1 aliphatic heterocycles. The fourth-order valence-corrected chi connectivity index (χ4v) is 3.57. The molecule has 6 nitrogen and oxygen atoms in total. The van der Waals surface area contributed by atoms with E-state index in [-0.39, 0.29) is 24.4 Å². The molecule has 2 unspecified atom stereocenters. The fourth-order valence-electron chi connectivity index (χ4n) is 1.91. The second-order valence-electron chi connectivity index (χ2n) is 4.55. The van der Waals surface area contributed by atoms with Crippen molar-refractivity contribution in [2.45, 2.75) is 24.6 Å². The summed E-state index contributed by atoms with van der Waals surface area (Å²) in [5.74, 6) is -0.377. The van der Waals surface area contributed by atoms with Gasteiger partial charge in [-0.05, 0) is 20.4 Å². The van der Waals surface area contributed by atoms with Crippen molar-refractivity contribution in [1.29, 1.82) is 0 Å². The van der Waals surface area contributed by atoms with Gasteiger partial charge in [0.2, 0.25) is 15.9 Å². The maximum Gasteiger partial charge on any atom is 0.241 e. The average Bonchev–Trinajstić information content (AvgIpc) is 2.75. The lowest BCUT2D eigenvalue weighted by molar-refractivity contribution is -0.128. The van der Waals surface area contributed by atoms with Gasteiger partial charge in [-0.15, -0.1) is 12.4 Å². The number of rotatable bonds is 4. The Bertz CT molecular complexity index is 386. The minimum Gasteiger partial charge on any atom is -0.348 e. The summed E-state index contributed by atoms with van der Waals surface area (Å²) in [5.41, 5.74) is 0. The van der Waals surface area contributed by atoms with E-state index in [2.05, 4.69) is 5.32 Å². The number of likely N-dealkylation sites (N-methyl/N-ethyl adjacent to an activating group) is 1. The van der Waals surface area contributed by atoms with Crippen LogP contribution in [0.2, 0.25) is 0 Å². The highest BCUT2D eigenvalue weighted by Crippen LogP contribution is 2.18. The molecule has 1 rings (SSSR count). The number of amides is 1. The predicted molar refractivity (Wildman–Crippen MR) is 73.4 cm³/mol. The van der Waals surface area contributed by atoms with Gasteiger partial charge in [0.15, 0.2) is 5.25 Å². The molecule has 1 aliphatic rings. The molecule has 0 aromatic heterocycles. The summed E-state index contributed by atoms with van der Waals surface area (Å²) in [6.07, 6.45) is 0.790. The minimum atomic E-state index is -3.52. The highest BCUT2D eigenvalue weighted by molar-refractivity contribution is 7.90. The zero-order valence-corrected chi connectivity index (χ0v) is 12.8. The molecule has 0 aromatic carbocycles. The smallest absolute Gasteiger partial charge is 0.241 e. The molecule has 108 valence electrons. The van der Waals surface area contributed by atoms with Gasteiger partial charge in [0.05, 0.1) is 0 Å². The SMILES string of the molecule is CNC1CCN(S(=O)(=O)C(C)C(=O)N(C)C)C1.Cl. The summed E-state index contributed by atoms with van der Waals surface area (Å²) in [6, 6.07) is 0.187. The van der Waals surface area contributed by atoms with Crippen LogP contribution in [0.3, 0.4) is 0 Å². The second kappa shape index (κ2) is 6.70. The van der Waals surface area contributed by atoms with Crippen LogP contribution in [-0.4, -0.2) is 69.1 Å². The summed E-state index contributed by atoms with van der Waals surface area (Å²) in [4.78, 5) is 13.0. The minimum absolute atomic E-state index is 0. The first-order chi connectivity index (χ1) is 7.80. The molecule has 0 aliphatic carbocycles. The number of hydrogen-bond donors (Lipinski definition) is 1. The molecule has 0 saturated carbocycles. The summed E-state index contributed by atoms with van der Waals surface area (Å²) < 4.78 is 25.8. The molecule has 1 saturated heterocycles. The molecule has 8 heteroatoms. The van der Waals surface area contributed by atoms with Crippen LogP contribution in [0.1, 0.15) is 13.3 Å². The van der Waals surface area contributed by atoms with E-state index in [1.54, 1.807) is 14.1 Å². The number of hydrogen-bond acceptors (Lipinski definition) is 4. The summed E-state index contributed by atoms with van der Waals surface area (Å²) in [6.45, 7) is 2.38. The summed E-state index contributed by atoms with van der Waals surface area (Å²) >= 11 is 0. The lowest BCUT2D eigenvalue weighted by Crippen LogP contribution is -2.45. The Kier molecular flexibility index (Phi) is 6.56. The first kappa shape index (κ1) is 17.6. The maximum absolute atomic E-state index is 12.2. The van der Waals surface area contributed by atoms with Crippen LogP contribution in [-0.2, 0) is 14.8 Å². The van der Waals surface area contributed by atoms with E-state index in [1.807, 2.05) is 7.05 Å². The molecule has 0 bridgehead atoms. The van der Waals surface area contributed by atoms with Crippen molar-refractivity contribution < 1.29 is 13.2 Å². The molecular formula is C10H22ClN3O3S. The fraction of sp³-hybridized carbons (Fsp3) is 0.900. The third kappa shape index (κ3) is 3.57. The van der Waals surface area contributed by atoms with Crippen molar-refractivity contribution in [3.8, 4) is 0 Å². The van der Waals surface area contributed by atoms with Crippen LogP contribution in [0.25, 0.3) is 0 Å². The highest BCUT2D eigenvalue weighted by atomic mass is 35.5. The van der Waals surface area contributed by atoms with Crippen molar-refractivity contribution >= 4 is 28.3 Å². The van der Waals surface area contributed by atoms with Gasteiger partial charge < -0.3 is 10.2 Å². The Morgan fingerprint density at radius 3 is 2.39 bits per heavy atom. The van der Waals surface area contributed by atoms with E-state index in [0.29, 0.717) is 13.1 Å². The Hall–Kier alpha value is -0.370. The van der Waals surface area contributed by atoms with E-state index < -0.39 is 15.3 Å². The van der Waals surface area contributed by atoms with Crippen molar-refractivity contribution in [3.63, 3.8) is 0 Å². The summed E-state index contributed by atoms with van der Waals surface area (Å²) in [5, 5.41) is 2.05. The van der Waals surface area contributed by atoms with E-state index in [4.69, 9.17) is 0 Å². The standard InChI is InChI=1S/C10H21N3O3S.ClH/c1-8(10(14)12(3)4)17(15,16)13-6-5-9(7-13)11-2;/h8-9,11H,5-7H2,1-4H3;1H. The third-order valence-electron chi connectivity index (χ3n) is 3.15. The summed E-state index contributed by atoms with van der Waals surface area (Å²) in [7, 11) is 1.42. The zero-order valence-electron chi connectivity index (χ0n) is 11.2. The van der Waals surface area contributed by atoms with Gasteiger partial charge in [0.25, 0.3) is 0 Å². The Morgan fingerprint density at radius 2 is 2.00 bits per heavy atom. The van der Waals surface area contributed by atoms with Gasteiger partial charge >= 0.3 is 0 Å². The lowest BCUT2D eigenvalue weighted by atomic mass is 10.3. The molecule has 0 aromatic rings.